The number of hydrogen-bond acceptors (Lipinski definition) is 8. The summed E-state index contributed by atoms with van der Waals surface area (Å²) in [6, 6.07) is 21.5. The van der Waals surface area contributed by atoms with Crippen molar-refractivity contribution in [1.29, 1.82) is 0 Å². The van der Waals surface area contributed by atoms with Crippen molar-refractivity contribution in [1.82, 2.24) is 9.97 Å². The monoisotopic (exact) mass is 549 g/mol. The average Bonchev–Trinajstić information content (AvgIpc) is 3.37. The number of ketones is 3. The number of imidazole rings is 1. The lowest BCUT2D eigenvalue weighted by atomic mass is 9.82. The molecule has 10 heteroatoms. The summed E-state index contributed by atoms with van der Waals surface area (Å²) in [4.78, 5) is 55.4. The third-order valence-corrected chi connectivity index (χ3v) is 6.43. The molecule has 1 aliphatic carbocycles. The highest BCUT2D eigenvalue weighted by Crippen LogP contribution is 2.36. The van der Waals surface area contributed by atoms with Crippen molar-refractivity contribution in [3.05, 3.63) is 118 Å². The number of carbonyl (C=O) groups is 4. The average molecular weight is 550 g/mol. The van der Waals surface area contributed by atoms with Crippen LogP contribution in [0.25, 0.3) is 11.0 Å². The number of benzene rings is 4. The van der Waals surface area contributed by atoms with Gasteiger partial charge in [-0.05, 0) is 48.9 Å². The number of aromatic amines is 1. The van der Waals surface area contributed by atoms with Crippen LogP contribution in [0.1, 0.15) is 53.3 Å². The summed E-state index contributed by atoms with van der Waals surface area (Å²) in [6.45, 7) is 1.73. The van der Waals surface area contributed by atoms with Gasteiger partial charge < -0.3 is 19.9 Å². The van der Waals surface area contributed by atoms with E-state index in [4.69, 9.17) is 0 Å². The van der Waals surface area contributed by atoms with Crippen LogP contribution < -0.4 is 5.32 Å². The molecule has 0 spiro atoms. The Morgan fingerprint density at radius 2 is 1.54 bits per heavy atom. The second-order valence-corrected chi connectivity index (χ2v) is 9.19. The zero-order chi connectivity index (χ0) is 29.3. The molecule has 0 aliphatic heterocycles. The molecule has 0 fully saturated rings. The van der Waals surface area contributed by atoms with E-state index in [0.717, 1.165) is 0 Å². The highest BCUT2D eigenvalue weighted by molar-refractivity contribution is 6.30. The predicted molar refractivity (Wildman–Crippen MR) is 150 cm³/mol. The Hall–Kier alpha value is -5.77. The normalized spacial score (nSPS) is 11.7. The Morgan fingerprint density at radius 1 is 0.805 bits per heavy atom. The molecule has 0 saturated heterocycles. The van der Waals surface area contributed by atoms with E-state index < -0.39 is 11.9 Å². The lowest BCUT2D eigenvalue weighted by molar-refractivity contribution is 0.0974. The minimum Gasteiger partial charge on any atom is -0.507 e. The van der Waals surface area contributed by atoms with Gasteiger partial charge >= 0.3 is 6.09 Å². The number of methoxy groups -OCH3 is 1. The molecule has 1 aliphatic rings. The van der Waals surface area contributed by atoms with Crippen LogP contribution in [0.3, 0.4) is 0 Å². The van der Waals surface area contributed by atoms with Crippen molar-refractivity contribution in [2.45, 2.75) is 6.92 Å². The first-order valence-electron chi connectivity index (χ1n) is 12.4. The molecular formula is C31H23N3O7. The summed E-state index contributed by atoms with van der Waals surface area (Å²) in [5.74, 6) is -1.17. The van der Waals surface area contributed by atoms with Crippen LogP contribution >= 0.6 is 0 Å². The molecular weight excluding hydrogens is 526 g/mol. The number of carbonyl (C=O) groups excluding carboxylic acids is 4. The molecule has 204 valence electrons. The first kappa shape index (κ1) is 26.8. The first-order chi connectivity index (χ1) is 19.7. The minimum absolute atomic E-state index is 0.0374. The number of nitrogens with one attached hydrogen (secondary N) is 2. The Kier molecular flexibility index (Phi) is 7.05. The maximum absolute atomic E-state index is 12.4. The summed E-state index contributed by atoms with van der Waals surface area (Å²) >= 11 is 0. The van der Waals surface area contributed by atoms with Gasteiger partial charge in [0.15, 0.2) is 11.6 Å². The van der Waals surface area contributed by atoms with Gasteiger partial charge in [0.2, 0.25) is 11.7 Å². The van der Waals surface area contributed by atoms with Crippen molar-refractivity contribution in [2.24, 2.45) is 0 Å². The lowest BCUT2D eigenvalue weighted by Crippen LogP contribution is -2.21. The highest BCUT2D eigenvalue weighted by Gasteiger charge is 2.34. The molecule has 0 radical (unpaired) electrons. The van der Waals surface area contributed by atoms with Crippen LogP contribution in [0.15, 0.2) is 78.9 Å². The van der Waals surface area contributed by atoms with Gasteiger partial charge in [-0.25, -0.2) is 9.78 Å². The number of H-pyrrole nitrogens is 1. The van der Waals surface area contributed by atoms with Crippen molar-refractivity contribution < 1.29 is 34.1 Å². The van der Waals surface area contributed by atoms with Gasteiger partial charge in [-0.3, -0.25) is 19.7 Å². The Labute approximate surface area is 233 Å². The van der Waals surface area contributed by atoms with Crippen LogP contribution in [-0.2, 0) is 4.74 Å². The summed E-state index contributed by atoms with van der Waals surface area (Å²) < 4.78 is 4.51. The van der Waals surface area contributed by atoms with Gasteiger partial charge in [-0.15, -0.1) is 0 Å². The topological polar surface area (TPSA) is 159 Å². The first-order valence-corrected chi connectivity index (χ1v) is 12.4. The quantitative estimate of drug-likeness (QED) is 0.221. The van der Waals surface area contributed by atoms with Crippen LogP contribution in [0.5, 0.6) is 11.5 Å². The number of ether oxygens (including phenoxy) is 1. The molecule has 4 N–H and O–H groups in total. The molecule has 1 amide bonds. The van der Waals surface area contributed by atoms with Gasteiger partial charge in [0.05, 0.1) is 29.3 Å². The number of hydrogen-bond donors (Lipinski definition) is 4. The van der Waals surface area contributed by atoms with Gasteiger partial charge in [0, 0.05) is 22.3 Å². The van der Waals surface area contributed by atoms with Crippen LogP contribution in [0, 0.1) is 6.92 Å². The molecule has 0 saturated carbocycles. The maximum atomic E-state index is 12.4. The van der Waals surface area contributed by atoms with E-state index in [1.54, 1.807) is 43.3 Å². The third-order valence-electron chi connectivity index (χ3n) is 6.43. The van der Waals surface area contributed by atoms with Crippen molar-refractivity contribution >= 4 is 40.4 Å². The van der Waals surface area contributed by atoms with Crippen LogP contribution in [0.2, 0.25) is 0 Å². The molecule has 10 nitrogen and oxygen atoms in total. The molecule has 0 unspecified atom stereocenters. The Bertz CT molecular complexity index is 1860. The zero-order valence-electron chi connectivity index (χ0n) is 21.9. The maximum Gasteiger partial charge on any atom is 0.413 e. The molecule has 41 heavy (non-hydrogen) atoms. The second kappa shape index (κ2) is 10.8. The number of phenols is 2. The molecule has 6 rings (SSSR count). The fourth-order valence-corrected chi connectivity index (χ4v) is 4.54. The van der Waals surface area contributed by atoms with E-state index >= 15 is 0 Å². The fraction of sp³-hybridized carbons (Fsp3) is 0.0645. The number of amides is 1. The van der Waals surface area contributed by atoms with Gasteiger partial charge in [-0.2, -0.15) is 0 Å². The molecule has 0 bridgehead atoms. The molecule has 1 aromatic heterocycles. The molecule has 1 heterocycles. The number of rotatable bonds is 3. The number of nitrogens with zero attached hydrogens (tertiary/aromatic N) is 1. The number of fused-ring (bicyclic) bond motifs is 3. The van der Waals surface area contributed by atoms with E-state index in [1.165, 1.54) is 31.4 Å². The molecule has 4 aromatic carbocycles. The van der Waals surface area contributed by atoms with Gasteiger partial charge in [0.1, 0.15) is 11.5 Å². The second-order valence-electron chi connectivity index (χ2n) is 9.19. The Balaban J connectivity index is 0.000000166. The smallest absolute Gasteiger partial charge is 0.413 e. The largest absolute Gasteiger partial charge is 0.507 e. The zero-order valence-corrected chi connectivity index (χ0v) is 21.9. The number of aryl methyl sites for hydroxylation is 1. The standard InChI is InChI=1S/C16H13N3O3.C15H10O4/c1-22-16(21)19-15-17-12-8-7-11(9-13(12)18-15)14(20)10-5-3-2-4-6-10;1-7-5-9-13(11(17)6-7)15(19)12-8(14(9)18)3-2-4-10(12)16/h2-9H,1H3,(H2,17,18,19,21);2-6,16-17H,1H3. The minimum atomic E-state index is -0.611. The van der Waals surface area contributed by atoms with E-state index in [9.17, 15) is 29.4 Å². The lowest BCUT2D eigenvalue weighted by Gasteiger charge is -2.19. The predicted octanol–water partition coefficient (Wildman–Crippen LogP) is 5.15. The van der Waals surface area contributed by atoms with Gasteiger partial charge in [0.25, 0.3) is 0 Å². The van der Waals surface area contributed by atoms with E-state index in [2.05, 4.69) is 20.0 Å². The van der Waals surface area contributed by atoms with Crippen LogP contribution in [0.4, 0.5) is 10.7 Å². The summed E-state index contributed by atoms with van der Waals surface area (Å²) in [7, 11) is 1.27. The summed E-state index contributed by atoms with van der Waals surface area (Å²) in [6.07, 6.45) is -0.611. The summed E-state index contributed by atoms with van der Waals surface area (Å²) in [5, 5.41) is 22.1. The number of aromatic nitrogens is 2. The molecule has 5 aromatic rings. The van der Waals surface area contributed by atoms with Crippen molar-refractivity contribution in [2.75, 3.05) is 12.4 Å². The number of aromatic hydroxyl groups is 2. The van der Waals surface area contributed by atoms with E-state index in [-0.39, 0.29) is 51.3 Å². The van der Waals surface area contributed by atoms with Crippen molar-refractivity contribution in [3.63, 3.8) is 0 Å². The molecule has 0 atom stereocenters. The third kappa shape index (κ3) is 5.13. The van der Waals surface area contributed by atoms with Crippen LogP contribution in [-0.4, -0.2) is 50.7 Å². The van der Waals surface area contributed by atoms with Gasteiger partial charge in [-0.1, -0.05) is 42.5 Å². The number of phenolic OH excluding ortho intramolecular Hbond substituents is 2. The fourth-order valence-electron chi connectivity index (χ4n) is 4.54. The SMILES string of the molecule is COC(=O)Nc1nc2ccc(C(=O)c3ccccc3)cc2[nH]1.Cc1cc(O)c2c(c1)C(=O)c1cccc(O)c1C2=O. The Morgan fingerprint density at radius 3 is 2.27 bits per heavy atom. The van der Waals surface area contributed by atoms with E-state index in [0.29, 0.717) is 27.7 Å². The van der Waals surface area contributed by atoms with Crippen molar-refractivity contribution in [3.8, 4) is 11.5 Å². The highest BCUT2D eigenvalue weighted by atomic mass is 16.5. The number of anilines is 1. The van der Waals surface area contributed by atoms with E-state index in [1.807, 2.05) is 18.2 Å². The summed E-state index contributed by atoms with van der Waals surface area (Å²) in [5.41, 5.74) is 3.44.